The fourth-order valence-corrected chi connectivity index (χ4v) is 3.76. The number of nitrogens with two attached hydrogens (primary N) is 1. The third-order valence-electron chi connectivity index (χ3n) is 2.69. The highest BCUT2D eigenvalue weighted by molar-refractivity contribution is 9.10. The first-order valence-electron chi connectivity index (χ1n) is 5.13. The van der Waals surface area contributed by atoms with Crippen LogP contribution in [0.4, 0.5) is 0 Å². The number of hydrogen-bond donors (Lipinski definition) is 2. The van der Waals surface area contributed by atoms with Gasteiger partial charge in [0.25, 0.3) is 0 Å². The summed E-state index contributed by atoms with van der Waals surface area (Å²) in [6.45, 7) is 0. The smallest absolute Gasteiger partial charge is 0.137 e. The van der Waals surface area contributed by atoms with Crippen molar-refractivity contribution in [1.29, 1.82) is 0 Å². The second-order valence-electron chi connectivity index (χ2n) is 3.68. The molecule has 5 heteroatoms. The van der Waals surface area contributed by atoms with Crippen molar-refractivity contribution in [3.8, 4) is 0 Å². The maximum Gasteiger partial charge on any atom is 0.137 e. The van der Waals surface area contributed by atoms with Gasteiger partial charge in [-0.2, -0.15) is 11.8 Å². The molecule has 0 bridgehead atoms. The van der Waals surface area contributed by atoms with Crippen LogP contribution >= 0.6 is 27.7 Å². The van der Waals surface area contributed by atoms with Gasteiger partial charge < -0.3 is 4.42 Å². The lowest BCUT2D eigenvalue weighted by Gasteiger charge is -2.28. The van der Waals surface area contributed by atoms with Crippen LogP contribution in [0.5, 0.6) is 0 Å². The molecule has 2 heterocycles. The zero-order chi connectivity index (χ0) is 10.7. The minimum Gasteiger partial charge on any atom is -0.466 e. The Morgan fingerprint density at radius 1 is 1.60 bits per heavy atom. The Balaban J connectivity index is 2.12. The molecule has 3 nitrogen and oxygen atoms in total. The molecular formula is C10H15BrN2OS. The zero-order valence-electron chi connectivity index (χ0n) is 8.41. The van der Waals surface area contributed by atoms with Gasteiger partial charge in [-0.15, -0.1) is 0 Å². The minimum absolute atomic E-state index is 0.111. The lowest BCUT2D eigenvalue weighted by molar-refractivity contribution is 0.393. The Morgan fingerprint density at radius 3 is 3.00 bits per heavy atom. The van der Waals surface area contributed by atoms with E-state index < -0.39 is 0 Å². The Kier molecular flexibility index (Phi) is 4.13. The van der Waals surface area contributed by atoms with Crippen LogP contribution in [-0.4, -0.2) is 11.0 Å². The fraction of sp³-hybridized carbons (Fsp3) is 0.600. The second kappa shape index (κ2) is 5.39. The molecule has 2 rings (SSSR count). The average Bonchev–Trinajstić information content (AvgIpc) is 2.68. The zero-order valence-corrected chi connectivity index (χ0v) is 10.8. The molecule has 0 radical (unpaired) electrons. The minimum atomic E-state index is 0.111. The normalized spacial score (nSPS) is 24.0. The van der Waals surface area contributed by atoms with Crippen molar-refractivity contribution in [1.82, 2.24) is 5.43 Å². The number of halogens is 1. The number of thioether (sulfide) groups is 1. The van der Waals surface area contributed by atoms with E-state index >= 15 is 0 Å². The maximum atomic E-state index is 5.62. The van der Waals surface area contributed by atoms with Gasteiger partial charge >= 0.3 is 0 Å². The van der Waals surface area contributed by atoms with Crippen molar-refractivity contribution in [3.63, 3.8) is 0 Å². The van der Waals surface area contributed by atoms with Crippen molar-refractivity contribution < 1.29 is 4.42 Å². The van der Waals surface area contributed by atoms with Gasteiger partial charge in [0.2, 0.25) is 0 Å². The number of rotatable bonds is 3. The first-order valence-corrected chi connectivity index (χ1v) is 6.97. The van der Waals surface area contributed by atoms with E-state index in [1.165, 1.54) is 25.0 Å². The largest absolute Gasteiger partial charge is 0.466 e. The molecule has 2 atom stereocenters. The third kappa shape index (κ3) is 2.58. The fourth-order valence-electron chi connectivity index (χ4n) is 1.91. The van der Waals surface area contributed by atoms with Gasteiger partial charge in [-0.3, -0.25) is 5.84 Å². The molecule has 0 aromatic carbocycles. The topological polar surface area (TPSA) is 51.2 Å². The molecule has 15 heavy (non-hydrogen) atoms. The van der Waals surface area contributed by atoms with Crippen LogP contribution in [0.25, 0.3) is 0 Å². The molecule has 1 aliphatic heterocycles. The first kappa shape index (κ1) is 11.5. The summed E-state index contributed by atoms with van der Waals surface area (Å²) in [6, 6.07) is 2.02. The molecule has 84 valence electrons. The summed E-state index contributed by atoms with van der Waals surface area (Å²) >= 11 is 5.46. The molecule has 0 spiro atoms. The van der Waals surface area contributed by atoms with Crippen molar-refractivity contribution in [2.45, 2.75) is 30.6 Å². The Labute approximate surface area is 102 Å². The second-order valence-corrected chi connectivity index (χ2v) is 5.88. The Bertz CT molecular complexity index is 312. The van der Waals surface area contributed by atoms with Crippen molar-refractivity contribution in [2.75, 3.05) is 5.75 Å². The monoisotopic (exact) mass is 290 g/mol. The van der Waals surface area contributed by atoms with Gasteiger partial charge in [0.15, 0.2) is 0 Å². The van der Waals surface area contributed by atoms with Gasteiger partial charge in [-0.1, -0.05) is 6.42 Å². The van der Waals surface area contributed by atoms with E-state index in [2.05, 4.69) is 21.4 Å². The summed E-state index contributed by atoms with van der Waals surface area (Å²) in [5, 5.41) is 0.520. The number of hydrogen-bond acceptors (Lipinski definition) is 4. The van der Waals surface area contributed by atoms with Crippen LogP contribution in [0.2, 0.25) is 0 Å². The number of furan rings is 1. The van der Waals surface area contributed by atoms with Crippen molar-refractivity contribution in [2.24, 2.45) is 5.84 Å². The lowest BCUT2D eigenvalue weighted by Crippen LogP contribution is -2.36. The van der Waals surface area contributed by atoms with Crippen molar-refractivity contribution >= 4 is 27.7 Å². The number of nitrogens with one attached hydrogen (secondary N) is 1. The van der Waals surface area contributed by atoms with E-state index in [-0.39, 0.29) is 6.04 Å². The van der Waals surface area contributed by atoms with Gasteiger partial charge in [-0.25, -0.2) is 5.43 Å². The molecule has 1 fully saturated rings. The summed E-state index contributed by atoms with van der Waals surface area (Å²) in [5.41, 5.74) is 2.87. The van der Waals surface area contributed by atoms with Crippen LogP contribution in [0.1, 0.15) is 31.1 Å². The van der Waals surface area contributed by atoms with Gasteiger partial charge in [-0.05, 0) is 40.6 Å². The summed E-state index contributed by atoms with van der Waals surface area (Å²) in [6.07, 6.45) is 5.50. The van der Waals surface area contributed by atoms with E-state index in [0.717, 1.165) is 10.2 Å². The van der Waals surface area contributed by atoms with Crippen LogP contribution in [0.3, 0.4) is 0 Å². The molecule has 1 aromatic heterocycles. The molecule has 0 saturated carbocycles. The average molecular weight is 291 g/mol. The van der Waals surface area contributed by atoms with Crippen LogP contribution < -0.4 is 11.3 Å². The van der Waals surface area contributed by atoms with E-state index in [1.807, 2.05) is 17.8 Å². The van der Waals surface area contributed by atoms with Crippen LogP contribution in [-0.2, 0) is 0 Å². The highest BCUT2D eigenvalue weighted by atomic mass is 79.9. The summed E-state index contributed by atoms with van der Waals surface area (Å²) in [7, 11) is 0. The summed E-state index contributed by atoms with van der Waals surface area (Å²) < 4.78 is 6.46. The standard InChI is InChI=1S/C10H15BrN2OS/c11-7-4-5-14-10(7)9(13-12)8-3-1-2-6-15-8/h4-5,8-9,13H,1-3,6,12H2. The quantitative estimate of drug-likeness (QED) is 0.664. The van der Waals surface area contributed by atoms with E-state index in [1.54, 1.807) is 6.26 Å². The predicted octanol–water partition coefficient (Wildman–Crippen LogP) is 2.83. The molecule has 1 aromatic rings. The van der Waals surface area contributed by atoms with Gasteiger partial charge in [0.05, 0.1) is 16.8 Å². The van der Waals surface area contributed by atoms with Crippen molar-refractivity contribution in [3.05, 3.63) is 22.6 Å². The lowest BCUT2D eigenvalue weighted by atomic mass is 10.1. The van der Waals surface area contributed by atoms with Crippen LogP contribution in [0.15, 0.2) is 21.2 Å². The maximum absolute atomic E-state index is 5.62. The van der Waals surface area contributed by atoms with E-state index in [9.17, 15) is 0 Å². The molecule has 1 aliphatic rings. The van der Waals surface area contributed by atoms with E-state index in [0.29, 0.717) is 5.25 Å². The Hall–Kier alpha value is 0.0300. The third-order valence-corrected chi connectivity index (χ3v) is 4.81. The highest BCUT2D eigenvalue weighted by Gasteiger charge is 2.28. The summed E-state index contributed by atoms with van der Waals surface area (Å²) in [4.78, 5) is 0. The molecule has 3 N–H and O–H groups in total. The highest BCUT2D eigenvalue weighted by Crippen LogP contribution is 2.37. The SMILES string of the molecule is NNC(c1occc1Br)C1CCCCS1. The molecule has 0 aliphatic carbocycles. The van der Waals surface area contributed by atoms with Gasteiger partial charge in [0, 0.05) is 5.25 Å². The van der Waals surface area contributed by atoms with Gasteiger partial charge in [0.1, 0.15) is 5.76 Å². The Morgan fingerprint density at radius 2 is 2.47 bits per heavy atom. The first-order chi connectivity index (χ1) is 7.33. The molecule has 1 saturated heterocycles. The molecular weight excluding hydrogens is 276 g/mol. The number of hydrazine groups is 1. The molecule has 0 amide bonds. The van der Waals surface area contributed by atoms with Crippen LogP contribution in [0, 0.1) is 0 Å². The summed E-state index contributed by atoms with van der Waals surface area (Å²) in [5.74, 6) is 7.76. The predicted molar refractivity (Wildman–Crippen MR) is 66.6 cm³/mol. The van der Waals surface area contributed by atoms with E-state index in [4.69, 9.17) is 10.3 Å². The molecule has 2 unspecified atom stereocenters.